The van der Waals surface area contributed by atoms with Crippen molar-refractivity contribution in [3.8, 4) is 0 Å². The van der Waals surface area contributed by atoms with E-state index in [1.165, 1.54) is 0 Å². The molecule has 1 aromatic rings. The maximum Gasteiger partial charge on any atom is 0.260 e. The van der Waals surface area contributed by atoms with Crippen LogP contribution in [0.25, 0.3) is 0 Å². The average molecular weight is 323 g/mol. The van der Waals surface area contributed by atoms with Crippen LogP contribution in [-0.4, -0.2) is 30.1 Å². The maximum absolute atomic E-state index is 12.4. The summed E-state index contributed by atoms with van der Waals surface area (Å²) in [5, 5.41) is 0.0761. The Morgan fingerprint density at radius 3 is 2.55 bits per heavy atom. The van der Waals surface area contributed by atoms with Crippen LogP contribution in [0.15, 0.2) is 11.2 Å². The van der Waals surface area contributed by atoms with Crippen molar-refractivity contribution in [1.29, 1.82) is 0 Å². The SMILES string of the molecule is CCn1cc(S(=O)(=O)NC(C)(CN)C2CC2)nc1C.Cl. The minimum Gasteiger partial charge on any atom is -0.334 e. The van der Waals surface area contributed by atoms with Crippen molar-refractivity contribution in [2.45, 2.75) is 50.7 Å². The normalized spacial score (nSPS) is 18.4. The quantitative estimate of drug-likeness (QED) is 0.818. The molecule has 1 unspecified atom stereocenters. The van der Waals surface area contributed by atoms with Gasteiger partial charge >= 0.3 is 0 Å². The van der Waals surface area contributed by atoms with Gasteiger partial charge in [-0.3, -0.25) is 0 Å². The standard InChI is InChI=1S/C12H22N4O2S.ClH/c1-4-16-7-11(14-9(16)2)19(17,18)15-12(3,8-13)10-5-6-10;/h7,10,15H,4-6,8,13H2,1-3H3;1H. The largest absolute Gasteiger partial charge is 0.334 e. The van der Waals surface area contributed by atoms with E-state index in [0.717, 1.165) is 12.8 Å². The predicted octanol–water partition coefficient (Wildman–Crippen LogP) is 1.04. The summed E-state index contributed by atoms with van der Waals surface area (Å²) in [7, 11) is -3.61. The number of nitrogens with one attached hydrogen (secondary N) is 1. The Labute approximate surface area is 126 Å². The molecule has 0 radical (unpaired) electrons. The molecule has 3 N–H and O–H groups in total. The first-order chi connectivity index (χ1) is 8.82. The highest BCUT2D eigenvalue weighted by Crippen LogP contribution is 2.39. The first-order valence-corrected chi connectivity index (χ1v) is 8.08. The topological polar surface area (TPSA) is 90.0 Å². The van der Waals surface area contributed by atoms with Gasteiger partial charge in [-0.05, 0) is 39.5 Å². The van der Waals surface area contributed by atoms with Gasteiger partial charge in [-0.15, -0.1) is 12.4 Å². The highest BCUT2D eigenvalue weighted by atomic mass is 35.5. The van der Waals surface area contributed by atoms with Gasteiger partial charge in [-0.25, -0.2) is 18.1 Å². The van der Waals surface area contributed by atoms with Gasteiger partial charge in [-0.1, -0.05) is 0 Å². The summed E-state index contributed by atoms with van der Waals surface area (Å²) in [6, 6.07) is 0. The lowest BCUT2D eigenvalue weighted by Gasteiger charge is -2.28. The summed E-state index contributed by atoms with van der Waals surface area (Å²) >= 11 is 0. The highest BCUT2D eigenvalue weighted by molar-refractivity contribution is 7.89. The van der Waals surface area contributed by atoms with Gasteiger partial charge in [0.15, 0.2) is 5.03 Å². The molecule has 6 nitrogen and oxygen atoms in total. The second-order valence-electron chi connectivity index (χ2n) is 5.41. The second kappa shape index (κ2) is 6.01. The van der Waals surface area contributed by atoms with E-state index in [1.807, 2.05) is 18.4 Å². The molecule has 8 heteroatoms. The lowest BCUT2D eigenvalue weighted by Crippen LogP contribution is -2.53. The molecule has 1 fully saturated rings. The predicted molar refractivity (Wildman–Crippen MR) is 80.4 cm³/mol. The Hall–Kier alpha value is -0.630. The molecule has 1 saturated carbocycles. The summed E-state index contributed by atoms with van der Waals surface area (Å²) < 4.78 is 29.3. The number of hydrogen-bond acceptors (Lipinski definition) is 4. The van der Waals surface area contributed by atoms with Crippen molar-refractivity contribution in [1.82, 2.24) is 14.3 Å². The molecule has 0 spiro atoms. The third kappa shape index (κ3) is 3.33. The Morgan fingerprint density at radius 2 is 2.15 bits per heavy atom. The number of halogens is 1. The number of sulfonamides is 1. The average Bonchev–Trinajstić information content (AvgIpc) is 3.12. The smallest absolute Gasteiger partial charge is 0.260 e. The van der Waals surface area contributed by atoms with E-state index in [-0.39, 0.29) is 17.4 Å². The number of nitrogens with zero attached hydrogens (tertiary/aromatic N) is 2. The number of hydrogen-bond donors (Lipinski definition) is 2. The van der Waals surface area contributed by atoms with E-state index in [1.54, 1.807) is 13.1 Å². The van der Waals surface area contributed by atoms with Crippen LogP contribution >= 0.6 is 12.4 Å². The van der Waals surface area contributed by atoms with Gasteiger partial charge in [-0.2, -0.15) is 0 Å². The maximum atomic E-state index is 12.4. The van der Waals surface area contributed by atoms with E-state index in [4.69, 9.17) is 5.73 Å². The fourth-order valence-electron chi connectivity index (χ4n) is 2.30. The minimum absolute atomic E-state index is 0. The van der Waals surface area contributed by atoms with Crippen molar-refractivity contribution in [3.05, 3.63) is 12.0 Å². The Bertz CT molecular complexity index is 568. The molecule has 116 valence electrons. The van der Waals surface area contributed by atoms with E-state index >= 15 is 0 Å². The summed E-state index contributed by atoms with van der Waals surface area (Å²) in [5.74, 6) is 1.03. The Balaban J connectivity index is 0.00000200. The lowest BCUT2D eigenvalue weighted by atomic mass is 9.98. The van der Waals surface area contributed by atoms with Crippen molar-refractivity contribution in [2.24, 2.45) is 11.7 Å². The third-order valence-electron chi connectivity index (χ3n) is 3.84. The fourth-order valence-corrected chi connectivity index (χ4v) is 3.79. The number of imidazole rings is 1. The summed E-state index contributed by atoms with van der Waals surface area (Å²) in [4.78, 5) is 4.12. The molecule has 0 amide bonds. The number of aromatic nitrogens is 2. The molecule has 0 aromatic carbocycles. The van der Waals surface area contributed by atoms with Crippen LogP contribution in [0.1, 0.15) is 32.5 Å². The highest BCUT2D eigenvalue weighted by Gasteiger charge is 2.43. The monoisotopic (exact) mass is 322 g/mol. The second-order valence-corrected chi connectivity index (χ2v) is 7.04. The zero-order valence-electron chi connectivity index (χ0n) is 12.1. The van der Waals surface area contributed by atoms with Crippen LogP contribution in [0.2, 0.25) is 0 Å². The molecule has 1 atom stereocenters. The van der Waals surface area contributed by atoms with Gasteiger partial charge in [0.05, 0.1) is 0 Å². The van der Waals surface area contributed by atoms with E-state index in [2.05, 4.69) is 9.71 Å². The Kier molecular flexibility index (Phi) is 5.23. The van der Waals surface area contributed by atoms with Gasteiger partial charge in [0.1, 0.15) is 5.82 Å². The van der Waals surface area contributed by atoms with Crippen molar-refractivity contribution < 1.29 is 8.42 Å². The number of rotatable bonds is 6. The van der Waals surface area contributed by atoms with Crippen LogP contribution in [0.5, 0.6) is 0 Å². The zero-order valence-corrected chi connectivity index (χ0v) is 13.7. The molecule has 1 aliphatic carbocycles. The van der Waals surface area contributed by atoms with Crippen molar-refractivity contribution in [3.63, 3.8) is 0 Å². The van der Waals surface area contributed by atoms with Crippen LogP contribution < -0.4 is 10.5 Å². The molecule has 2 rings (SSSR count). The van der Waals surface area contributed by atoms with Crippen LogP contribution in [0, 0.1) is 12.8 Å². The molecule has 1 aliphatic rings. The summed E-state index contributed by atoms with van der Waals surface area (Å²) in [6.07, 6.45) is 3.62. The molecule has 20 heavy (non-hydrogen) atoms. The van der Waals surface area contributed by atoms with Gasteiger partial charge in [0.25, 0.3) is 10.0 Å². The molecule has 0 bridgehead atoms. The molecular formula is C12H23ClN4O2S. The molecule has 0 saturated heterocycles. The van der Waals surface area contributed by atoms with Crippen molar-refractivity contribution in [2.75, 3.05) is 6.54 Å². The first kappa shape index (κ1) is 17.4. The number of nitrogens with two attached hydrogens (primary N) is 1. The minimum atomic E-state index is -3.61. The fraction of sp³-hybridized carbons (Fsp3) is 0.750. The molecule has 0 aliphatic heterocycles. The number of aryl methyl sites for hydroxylation is 2. The zero-order chi connectivity index (χ0) is 14.3. The summed E-state index contributed by atoms with van der Waals surface area (Å²) in [6.45, 7) is 6.61. The van der Waals surface area contributed by atoms with Crippen molar-refractivity contribution >= 4 is 22.4 Å². The van der Waals surface area contributed by atoms with E-state index < -0.39 is 15.6 Å². The first-order valence-electron chi connectivity index (χ1n) is 6.60. The van der Waals surface area contributed by atoms with Gasteiger partial charge in [0, 0.05) is 24.8 Å². The molecular weight excluding hydrogens is 300 g/mol. The third-order valence-corrected chi connectivity index (χ3v) is 5.32. The molecule has 1 aromatic heterocycles. The van der Waals surface area contributed by atoms with E-state index in [9.17, 15) is 8.42 Å². The van der Waals surface area contributed by atoms with Gasteiger partial charge in [0.2, 0.25) is 0 Å². The van der Waals surface area contributed by atoms with Crippen LogP contribution in [0.3, 0.4) is 0 Å². The van der Waals surface area contributed by atoms with E-state index in [0.29, 0.717) is 24.8 Å². The summed E-state index contributed by atoms with van der Waals surface area (Å²) in [5.41, 5.74) is 5.18. The Morgan fingerprint density at radius 1 is 1.55 bits per heavy atom. The van der Waals surface area contributed by atoms with Gasteiger partial charge < -0.3 is 10.3 Å². The molecule has 1 heterocycles. The van der Waals surface area contributed by atoms with Crippen LogP contribution in [0.4, 0.5) is 0 Å². The lowest BCUT2D eigenvalue weighted by molar-refractivity contribution is 0.373. The van der Waals surface area contributed by atoms with Crippen LogP contribution in [-0.2, 0) is 16.6 Å².